The molecule has 1 aliphatic rings. The van der Waals surface area contributed by atoms with Crippen molar-refractivity contribution < 1.29 is 22.4 Å². The zero-order valence-electron chi connectivity index (χ0n) is 18.9. The number of carbonyl (C=O) groups is 1. The van der Waals surface area contributed by atoms with Gasteiger partial charge in [-0.2, -0.15) is 13.2 Å². The molecule has 1 amide bonds. The van der Waals surface area contributed by atoms with Crippen LogP contribution in [0.15, 0.2) is 72.8 Å². The van der Waals surface area contributed by atoms with E-state index in [-0.39, 0.29) is 30.1 Å². The number of nitrogens with one attached hydrogen (secondary N) is 1. The van der Waals surface area contributed by atoms with Crippen LogP contribution in [-0.4, -0.2) is 23.9 Å². The highest BCUT2D eigenvalue weighted by atomic mass is 35.5. The van der Waals surface area contributed by atoms with E-state index in [1.54, 1.807) is 18.2 Å². The number of amides is 1. The Morgan fingerprint density at radius 1 is 1.00 bits per heavy atom. The molecule has 1 fully saturated rings. The second-order valence-electron chi connectivity index (χ2n) is 8.88. The van der Waals surface area contributed by atoms with Crippen molar-refractivity contribution in [2.24, 2.45) is 5.92 Å². The molecule has 1 N–H and O–H groups in total. The third-order valence-electron chi connectivity index (χ3n) is 6.31. The molecule has 1 saturated heterocycles. The van der Waals surface area contributed by atoms with Crippen LogP contribution < -0.4 is 5.32 Å². The van der Waals surface area contributed by atoms with Crippen molar-refractivity contribution in [2.45, 2.75) is 31.6 Å². The second-order valence-corrected chi connectivity index (χ2v) is 9.29. The predicted molar refractivity (Wildman–Crippen MR) is 127 cm³/mol. The number of benzene rings is 3. The van der Waals surface area contributed by atoms with Crippen LogP contribution in [0.2, 0.25) is 5.02 Å². The fraction of sp³-hybridized carbons (Fsp3) is 0.296. The van der Waals surface area contributed by atoms with E-state index in [0.29, 0.717) is 36.6 Å². The fourth-order valence-electron chi connectivity index (χ4n) is 4.54. The summed E-state index contributed by atoms with van der Waals surface area (Å²) < 4.78 is 52.5. The predicted octanol–water partition coefficient (Wildman–Crippen LogP) is 6.42. The topological polar surface area (TPSA) is 32.3 Å². The Labute approximate surface area is 206 Å². The molecule has 8 heteroatoms. The van der Waals surface area contributed by atoms with Crippen LogP contribution in [0.3, 0.4) is 0 Å². The molecule has 0 bridgehead atoms. The van der Waals surface area contributed by atoms with E-state index >= 15 is 0 Å². The number of piperidine rings is 1. The number of hydrogen-bond donors (Lipinski definition) is 1. The first-order chi connectivity index (χ1) is 16.7. The van der Waals surface area contributed by atoms with Gasteiger partial charge >= 0.3 is 6.18 Å². The molecule has 1 aliphatic heterocycles. The maximum absolute atomic E-state index is 13.5. The van der Waals surface area contributed by atoms with E-state index in [1.807, 2.05) is 24.3 Å². The number of carbonyl (C=O) groups excluding carboxylic acids is 1. The molecule has 0 aliphatic carbocycles. The van der Waals surface area contributed by atoms with Crippen molar-refractivity contribution in [1.29, 1.82) is 0 Å². The Balaban J connectivity index is 1.49. The van der Waals surface area contributed by atoms with Crippen LogP contribution >= 0.6 is 11.6 Å². The van der Waals surface area contributed by atoms with Gasteiger partial charge in [0.05, 0.1) is 11.5 Å². The van der Waals surface area contributed by atoms with Gasteiger partial charge in [-0.25, -0.2) is 4.39 Å². The highest BCUT2D eigenvalue weighted by molar-refractivity contribution is 6.31. The third kappa shape index (κ3) is 6.61. The van der Waals surface area contributed by atoms with Gasteiger partial charge in [0.2, 0.25) is 5.91 Å². The van der Waals surface area contributed by atoms with E-state index < -0.39 is 11.7 Å². The SMILES string of the molecule is O=C(NCc1cccc(C(F)(F)F)c1)[C@H]1C[C@@H](c2ccc(F)cc2)CN(Cc2ccccc2Cl)C1. The van der Waals surface area contributed by atoms with E-state index in [9.17, 15) is 22.4 Å². The van der Waals surface area contributed by atoms with E-state index in [4.69, 9.17) is 11.6 Å². The van der Waals surface area contributed by atoms with Gasteiger partial charge in [-0.05, 0) is 59.4 Å². The van der Waals surface area contributed by atoms with Crippen LogP contribution in [0.5, 0.6) is 0 Å². The molecular formula is C27H25ClF4N2O. The van der Waals surface area contributed by atoms with Crippen molar-refractivity contribution in [1.82, 2.24) is 10.2 Å². The van der Waals surface area contributed by atoms with Gasteiger partial charge in [-0.1, -0.05) is 54.1 Å². The number of likely N-dealkylation sites (tertiary alicyclic amines) is 1. The molecule has 0 unspecified atom stereocenters. The Kier molecular flexibility index (Phi) is 7.77. The smallest absolute Gasteiger partial charge is 0.352 e. The van der Waals surface area contributed by atoms with Crippen LogP contribution in [0.1, 0.15) is 34.6 Å². The molecule has 3 nitrogen and oxygen atoms in total. The first-order valence-electron chi connectivity index (χ1n) is 11.3. The molecule has 0 spiro atoms. The normalized spacial score (nSPS) is 18.9. The average Bonchev–Trinajstić information content (AvgIpc) is 2.84. The molecule has 2 atom stereocenters. The largest absolute Gasteiger partial charge is 0.416 e. The van der Waals surface area contributed by atoms with Crippen LogP contribution in [-0.2, 0) is 24.1 Å². The molecule has 184 valence electrons. The Morgan fingerprint density at radius 3 is 2.46 bits per heavy atom. The van der Waals surface area contributed by atoms with Crippen molar-refractivity contribution in [3.05, 3.63) is 106 Å². The summed E-state index contributed by atoms with van der Waals surface area (Å²) in [6, 6.07) is 18.7. The van der Waals surface area contributed by atoms with E-state index in [0.717, 1.165) is 23.3 Å². The molecule has 35 heavy (non-hydrogen) atoms. The van der Waals surface area contributed by atoms with Gasteiger partial charge in [0.15, 0.2) is 0 Å². The quantitative estimate of drug-likeness (QED) is 0.393. The summed E-state index contributed by atoms with van der Waals surface area (Å²) >= 11 is 6.35. The monoisotopic (exact) mass is 504 g/mol. The minimum absolute atomic E-state index is 0.00357. The van der Waals surface area contributed by atoms with Gasteiger partial charge in [0.1, 0.15) is 5.82 Å². The summed E-state index contributed by atoms with van der Waals surface area (Å²) in [6.45, 7) is 1.71. The van der Waals surface area contributed by atoms with Crippen molar-refractivity contribution in [3.8, 4) is 0 Å². The average molecular weight is 505 g/mol. The summed E-state index contributed by atoms with van der Waals surface area (Å²) in [4.78, 5) is 15.2. The van der Waals surface area contributed by atoms with Crippen LogP contribution in [0.4, 0.5) is 17.6 Å². The second kappa shape index (κ2) is 10.8. The zero-order valence-corrected chi connectivity index (χ0v) is 19.6. The molecule has 4 rings (SSSR count). The van der Waals surface area contributed by atoms with Crippen molar-refractivity contribution >= 4 is 17.5 Å². The summed E-state index contributed by atoms with van der Waals surface area (Å²) in [5, 5.41) is 3.45. The molecular weight excluding hydrogens is 480 g/mol. The number of hydrogen-bond acceptors (Lipinski definition) is 2. The van der Waals surface area contributed by atoms with Gasteiger partial charge in [-0.3, -0.25) is 9.69 Å². The maximum atomic E-state index is 13.5. The summed E-state index contributed by atoms with van der Waals surface area (Å²) in [6.07, 6.45) is -3.88. The maximum Gasteiger partial charge on any atom is 0.416 e. The van der Waals surface area contributed by atoms with Gasteiger partial charge in [0, 0.05) is 31.2 Å². The lowest BCUT2D eigenvalue weighted by atomic mass is 9.83. The zero-order chi connectivity index (χ0) is 25.0. The third-order valence-corrected chi connectivity index (χ3v) is 6.68. The van der Waals surface area contributed by atoms with E-state index in [1.165, 1.54) is 18.2 Å². The molecule has 0 saturated carbocycles. The summed E-state index contributed by atoms with van der Waals surface area (Å²) in [5.41, 5.74) is 1.51. The van der Waals surface area contributed by atoms with E-state index in [2.05, 4.69) is 10.2 Å². The van der Waals surface area contributed by atoms with Gasteiger partial charge < -0.3 is 5.32 Å². The lowest BCUT2D eigenvalue weighted by Crippen LogP contribution is -2.45. The minimum Gasteiger partial charge on any atom is -0.352 e. The van der Waals surface area contributed by atoms with Crippen molar-refractivity contribution in [3.63, 3.8) is 0 Å². The fourth-order valence-corrected chi connectivity index (χ4v) is 4.74. The number of rotatable bonds is 6. The molecule has 3 aromatic carbocycles. The van der Waals surface area contributed by atoms with Crippen LogP contribution in [0, 0.1) is 11.7 Å². The number of halogens is 5. The highest BCUT2D eigenvalue weighted by Gasteiger charge is 2.33. The highest BCUT2D eigenvalue weighted by Crippen LogP contribution is 2.33. The standard InChI is InChI=1S/C27H25ClF4N2O/c28-25-7-2-1-5-20(25)15-34-16-21(19-8-10-24(29)11-9-19)13-22(17-34)26(35)33-14-18-4-3-6-23(12-18)27(30,31)32/h1-12,21-22H,13-17H2,(H,33,35)/t21-,22+/m1/s1. The summed E-state index contributed by atoms with van der Waals surface area (Å²) in [7, 11) is 0. The first-order valence-corrected chi connectivity index (χ1v) is 11.7. The lowest BCUT2D eigenvalue weighted by Gasteiger charge is -2.37. The molecule has 3 aromatic rings. The van der Waals surface area contributed by atoms with Gasteiger partial charge in [-0.15, -0.1) is 0 Å². The number of alkyl halides is 3. The number of nitrogens with zero attached hydrogens (tertiary/aromatic N) is 1. The van der Waals surface area contributed by atoms with Crippen molar-refractivity contribution in [2.75, 3.05) is 13.1 Å². The first kappa shape index (κ1) is 25.2. The Bertz CT molecular complexity index is 1170. The Morgan fingerprint density at radius 2 is 1.74 bits per heavy atom. The van der Waals surface area contributed by atoms with Crippen LogP contribution in [0.25, 0.3) is 0 Å². The Hall–Kier alpha value is -2.90. The molecule has 1 heterocycles. The summed E-state index contributed by atoms with van der Waals surface area (Å²) in [5.74, 6) is -0.936. The van der Waals surface area contributed by atoms with Gasteiger partial charge in [0.25, 0.3) is 0 Å². The molecule has 0 aromatic heterocycles. The minimum atomic E-state index is -4.44. The molecule has 0 radical (unpaired) electrons. The lowest BCUT2D eigenvalue weighted by molar-refractivity contribution is -0.137.